The van der Waals surface area contributed by atoms with Crippen LogP contribution in [0.5, 0.6) is 5.75 Å². The first-order valence-electron chi connectivity index (χ1n) is 10.9. The van der Waals surface area contributed by atoms with E-state index in [0.717, 1.165) is 30.9 Å². The van der Waals surface area contributed by atoms with E-state index in [-0.39, 0.29) is 5.56 Å². The number of hydrogen-bond acceptors (Lipinski definition) is 1. The quantitative estimate of drug-likeness (QED) is 0.337. The first-order valence-corrected chi connectivity index (χ1v) is 10.9. The molecule has 1 nitrogen and oxygen atoms in total. The third kappa shape index (κ3) is 4.66. The van der Waals surface area contributed by atoms with Crippen molar-refractivity contribution in [2.75, 3.05) is 0 Å². The molecule has 2 aliphatic carbocycles. The molecule has 0 atom stereocenters. The molecule has 0 amide bonds. The van der Waals surface area contributed by atoms with Crippen molar-refractivity contribution in [1.29, 1.82) is 0 Å². The minimum Gasteiger partial charge on any atom is -0.403 e. The van der Waals surface area contributed by atoms with Gasteiger partial charge in [-0.15, -0.1) is 13.2 Å². The van der Waals surface area contributed by atoms with Gasteiger partial charge in [0.05, 0.1) is 5.56 Å². The molecule has 2 aromatic carbocycles. The topological polar surface area (TPSA) is 9.23 Å². The first-order chi connectivity index (χ1) is 15.2. The van der Waals surface area contributed by atoms with Gasteiger partial charge in [-0.05, 0) is 85.3 Å². The van der Waals surface area contributed by atoms with Gasteiger partial charge in [-0.1, -0.05) is 31.1 Å². The van der Waals surface area contributed by atoms with Gasteiger partial charge in [0.15, 0.2) is 11.6 Å². The van der Waals surface area contributed by atoms with E-state index in [0.29, 0.717) is 36.0 Å². The number of hydrogen-bond donors (Lipinski definition) is 0. The highest BCUT2D eigenvalue weighted by Crippen LogP contribution is 2.40. The molecule has 0 heterocycles. The predicted octanol–water partition coefficient (Wildman–Crippen LogP) is 7.91. The normalized spacial score (nSPS) is 21.2. The molecule has 0 aromatic heterocycles. The Morgan fingerprint density at radius 3 is 2.31 bits per heavy atom. The lowest BCUT2D eigenvalue weighted by Gasteiger charge is -2.32. The van der Waals surface area contributed by atoms with Crippen LogP contribution < -0.4 is 4.74 Å². The molecule has 0 radical (unpaired) electrons. The zero-order valence-corrected chi connectivity index (χ0v) is 17.7. The maximum Gasteiger partial charge on any atom is 0.573 e. The highest BCUT2D eigenvalue weighted by atomic mass is 19.4. The van der Waals surface area contributed by atoms with Crippen LogP contribution >= 0.6 is 0 Å². The largest absolute Gasteiger partial charge is 0.573 e. The maximum absolute atomic E-state index is 15.3. The standard InChI is InChI=1S/C25H24F6O/c1-2-14-3-5-15(6-4-14)16-7-9-19-18(11-16)13-21(27)23(24(19)28)17-8-10-22(20(26)12-17)32-25(29,30)31/h7-8,10,12-15H,2-6,9,11H2,1H3. The summed E-state index contributed by atoms with van der Waals surface area (Å²) in [5.41, 5.74) is 1.53. The van der Waals surface area contributed by atoms with Crippen molar-refractivity contribution in [1.82, 2.24) is 0 Å². The fourth-order valence-corrected chi connectivity index (χ4v) is 4.99. The Morgan fingerprint density at radius 2 is 1.69 bits per heavy atom. The van der Waals surface area contributed by atoms with Crippen LogP contribution in [0.15, 0.2) is 35.9 Å². The lowest BCUT2D eigenvalue weighted by molar-refractivity contribution is -0.275. The molecule has 7 heteroatoms. The minimum atomic E-state index is -5.06. The lowest BCUT2D eigenvalue weighted by Crippen LogP contribution is -2.19. The highest BCUT2D eigenvalue weighted by molar-refractivity contribution is 5.68. The molecular formula is C25H24F6O. The average molecular weight is 454 g/mol. The molecule has 0 spiro atoms. The Morgan fingerprint density at radius 1 is 0.969 bits per heavy atom. The van der Waals surface area contributed by atoms with E-state index in [1.54, 1.807) is 0 Å². The van der Waals surface area contributed by atoms with E-state index in [4.69, 9.17) is 0 Å². The zero-order valence-electron chi connectivity index (χ0n) is 17.7. The second-order valence-electron chi connectivity index (χ2n) is 8.66. The van der Waals surface area contributed by atoms with Gasteiger partial charge < -0.3 is 4.74 Å². The summed E-state index contributed by atoms with van der Waals surface area (Å²) >= 11 is 0. The van der Waals surface area contributed by atoms with Gasteiger partial charge in [-0.25, -0.2) is 13.2 Å². The number of allylic oxidation sites excluding steroid dienone is 2. The second-order valence-corrected chi connectivity index (χ2v) is 8.66. The maximum atomic E-state index is 15.3. The Hall–Kier alpha value is -2.44. The number of rotatable bonds is 4. The molecule has 1 fully saturated rings. The summed E-state index contributed by atoms with van der Waals surface area (Å²) in [5.74, 6) is -2.86. The van der Waals surface area contributed by atoms with Crippen LogP contribution in [-0.2, 0) is 12.8 Å². The van der Waals surface area contributed by atoms with E-state index < -0.39 is 35.1 Å². The summed E-state index contributed by atoms with van der Waals surface area (Å²) in [4.78, 5) is 0. The summed E-state index contributed by atoms with van der Waals surface area (Å²) in [6, 6.07) is 3.68. The molecule has 0 unspecified atom stereocenters. The van der Waals surface area contributed by atoms with Crippen LogP contribution in [0.1, 0.15) is 50.2 Å². The van der Waals surface area contributed by atoms with Crippen molar-refractivity contribution < 1.29 is 31.1 Å². The summed E-state index contributed by atoms with van der Waals surface area (Å²) in [7, 11) is 0. The average Bonchev–Trinajstić information content (AvgIpc) is 2.74. The van der Waals surface area contributed by atoms with Crippen LogP contribution in [0.25, 0.3) is 11.1 Å². The van der Waals surface area contributed by atoms with Crippen LogP contribution in [0.2, 0.25) is 0 Å². The number of ether oxygens (including phenoxy) is 1. The van der Waals surface area contributed by atoms with Crippen molar-refractivity contribution in [3.63, 3.8) is 0 Å². The van der Waals surface area contributed by atoms with Crippen LogP contribution in [0.3, 0.4) is 0 Å². The molecule has 4 rings (SSSR count). The summed E-state index contributed by atoms with van der Waals surface area (Å²) < 4.78 is 84.9. The Balaban J connectivity index is 1.59. The van der Waals surface area contributed by atoms with Crippen molar-refractivity contribution in [3.05, 3.63) is 64.5 Å². The molecule has 0 saturated heterocycles. The molecule has 2 aromatic rings. The van der Waals surface area contributed by atoms with E-state index in [2.05, 4.69) is 11.7 Å². The lowest BCUT2D eigenvalue weighted by atomic mass is 9.74. The third-order valence-corrected chi connectivity index (χ3v) is 6.77. The molecule has 0 N–H and O–H groups in total. The fraction of sp³-hybridized carbons (Fsp3) is 0.440. The zero-order chi connectivity index (χ0) is 23.0. The SMILES string of the molecule is CCC1CCC(C2=CCc3c(cc(F)c(-c4ccc(OC(F)(F)F)c(F)c4)c3F)C2)CC1. The van der Waals surface area contributed by atoms with Gasteiger partial charge in [0.2, 0.25) is 0 Å². The van der Waals surface area contributed by atoms with E-state index >= 15 is 4.39 Å². The predicted molar refractivity (Wildman–Crippen MR) is 110 cm³/mol. The summed E-state index contributed by atoms with van der Waals surface area (Å²) in [6.45, 7) is 2.20. The Kier molecular flexibility index (Phi) is 6.28. The Labute approximate surface area is 183 Å². The number of fused-ring (bicyclic) bond motifs is 1. The van der Waals surface area contributed by atoms with Crippen molar-refractivity contribution in [2.45, 2.75) is 58.2 Å². The highest BCUT2D eigenvalue weighted by Gasteiger charge is 2.33. The smallest absolute Gasteiger partial charge is 0.403 e. The van der Waals surface area contributed by atoms with E-state index in [1.807, 2.05) is 6.08 Å². The third-order valence-electron chi connectivity index (χ3n) is 6.77. The minimum absolute atomic E-state index is 0.178. The number of alkyl halides is 3. The first kappa shape index (κ1) is 22.7. The molecule has 0 bridgehead atoms. The van der Waals surface area contributed by atoms with E-state index in [9.17, 15) is 22.0 Å². The van der Waals surface area contributed by atoms with Crippen LogP contribution in [0, 0.1) is 29.3 Å². The van der Waals surface area contributed by atoms with Gasteiger partial charge in [0.1, 0.15) is 11.6 Å². The van der Waals surface area contributed by atoms with Gasteiger partial charge in [0, 0.05) is 0 Å². The van der Waals surface area contributed by atoms with Gasteiger partial charge >= 0.3 is 6.36 Å². The molecule has 1 saturated carbocycles. The molecule has 32 heavy (non-hydrogen) atoms. The van der Waals surface area contributed by atoms with Gasteiger partial charge in [-0.3, -0.25) is 0 Å². The van der Waals surface area contributed by atoms with Crippen LogP contribution in [-0.4, -0.2) is 6.36 Å². The second kappa shape index (κ2) is 8.83. The summed E-state index contributed by atoms with van der Waals surface area (Å²) in [6.07, 6.45) is 3.46. The van der Waals surface area contributed by atoms with Crippen molar-refractivity contribution in [2.24, 2.45) is 11.8 Å². The van der Waals surface area contributed by atoms with Crippen molar-refractivity contribution in [3.8, 4) is 16.9 Å². The molecule has 0 aliphatic heterocycles. The Bertz CT molecular complexity index is 1030. The fourth-order valence-electron chi connectivity index (χ4n) is 4.99. The molecular weight excluding hydrogens is 430 g/mol. The number of benzene rings is 2. The number of halogens is 6. The molecule has 172 valence electrons. The van der Waals surface area contributed by atoms with Gasteiger partial charge in [-0.2, -0.15) is 0 Å². The monoisotopic (exact) mass is 454 g/mol. The van der Waals surface area contributed by atoms with Gasteiger partial charge in [0.25, 0.3) is 0 Å². The molecule has 2 aliphatic rings. The van der Waals surface area contributed by atoms with E-state index in [1.165, 1.54) is 30.9 Å². The van der Waals surface area contributed by atoms with Crippen molar-refractivity contribution >= 4 is 0 Å². The summed E-state index contributed by atoms with van der Waals surface area (Å²) in [5, 5.41) is 0. The van der Waals surface area contributed by atoms with Crippen LogP contribution in [0.4, 0.5) is 26.3 Å².